The van der Waals surface area contributed by atoms with Crippen molar-refractivity contribution >= 4 is 49.6 Å². The molecule has 0 heterocycles. The van der Waals surface area contributed by atoms with Gasteiger partial charge in [-0.15, -0.1) is 0 Å². The van der Waals surface area contributed by atoms with Crippen LogP contribution in [0.2, 0.25) is 0 Å². The predicted octanol–water partition coefficient (Wildman–Crippen LogP) is 0.341. The molecule has 0 nitrogen and oxygen atoms in total. The quantitative estimate of drug-likeness (QED) is 0.292. The minimum atomic E-state index is -0.957. The average molecular weight is 517 g/mol. The topological polar surface area (TPSA) is 0 Å². The Morgan fingerprint density at radius 1 is 0.355 bits per heavy atom. The van der Waals surface area contributed by atoms with E-state index in [0.29, 0.717) is 0 Å². The van der Waals surface area contributed by atoms with E-state index in [2.05, 4.69) is 109 Å². The number of rotatable bonds is 2. The van der Waals surface area contributed by atoms with Crippen molar-refractivity contribution in [1.82, 2.24) is 0 Å². The molecule has 3 heteroatoms. The Morgan fingerprint density at radius 2 is 0.710 bits per heavy atom. The molecule has 0 aliphatic heterocycles. The fourth-order valence-corrected chi connectivity index (χ4v) is 7.62. The second kappa shape index (κ2) is 9.13. The number of hydrogen-bond acceptors (Lipinski definition) is 0. The molecule has 0 saturated carbocycles. The van der Waals surface area contributed by atoms with Crippen LogP contribution in [-0.2, 0) is 23.2 Å². The summed E-state index contributed by atoms with van der Waals surface area (Å²) in [6.45, 7) is 0. The molecule has 0 aliphatic carbocycles. The first kappa shape index (κ1) is 22.0. The maximum absolute atomic E-state index is 2.39. The van der Waals surface area contributed by atoms with Crippen LogP contribution in [0.15, 0.2) is 109 Å². The summed E-state index contributed by atoms with van der Waals surface area (Å²) in [5.74, 6) is 0. The SMILES string of the molecule is [Cl-].[Cl-].c1ccc2cc3[c]([Zr+2][c]4cccc5cc6ccccc6cc45)cccc3cc2c1. The van der Waals surface area contributed by atoms with Crippen molar-refractivity contribution in [3.05, 3.63) is 109 Å². The number of benzene rings is 6. The third kappa shape index (κ3) is 4.03. The van der Waals surface area contributed by atoms with Gasteiger partial charge < -0.3 is 24.8 Å². The molecule has 0 radical (unpaired) electrons. The van der Waals surface area contributed by atoms with Gasteiger partial charge >= 0.3 is 182 Å². The molecule has 6 aromatic carbocycles. The Bertz CT molecular complexity index is 1420. The van der Waals surface area contributed by atoms with Crippen molar-refractivity contribution in [1.29, 1.82) is 0 Å². The van der Waals surface area contributed by atoms with Crippen molar-refractivity contribution in [3.8, 4) is 0 Å². The third-order valence-corrected chi connectivity index (χ3v) is 9.23. The maximum atomic E-state index is 2.39. The van der Waals surface area contributed by atoms with Crippen LogP contribution in [0.1, 0.15) is 0 Å². The molecule has 0 aromatic heterocycles. The Balaban J connectivity index is 0.00000116. The van der Waals surface area contributed by atoms with Gasteiger partial charge in [0.15, 0.2) is 0 Å². The van der Waals surface area contributed by atoms with Gasteiger partial charge in [-0.2, -0.15) is 0 Å². The molecule has 0 N–H and O–H groups in total. The molecule has 0 fully saturated rings. The van der Waals surface area contributed by atoms with Gasteiger partial charge in [0.1, 0.15) is 0 Å². The van der Waals surface area contributed by atoms with E-state index >= 15 is 0 Å². The van der Waals surface area contributed by atoms with Gasteiger partial charge in [-0.05, 0) is 0 Å². The molecule has 0 aliphatic rings. The first-order chi connectivity index (χ1) is 14.3. The van der Waals surface area contributed by atoms with E-state index in [-0.39, 0.29) is 24.8 Å². The van der Waals surface area contributed by atoms with Crippen LogP contribution in [0.25, 0.3) is 43.1 Å². The first-order valence-electron chi connectivity index (χ1n) is 9.95. The summed E-state index contributed by atoms with van der Waals surface area (Å²) in [7, 11) is 0. The third-order valence-electron chi connectivity index (χ3n) is 5.76. The number of hydrogen-bond donors (Lipinski definition) is 0. The zero-order chi connectivity index (χ0) is 19.2. The van der Waals surface area contributed by atoms with Gasteiger partial charge in [-0.25, -0.2) is 0 Å². The molecule has 0 saturated heterocycles. The molecule has 31 heavy (non-hydrogen) atoms. The van der Waals surface area contributed by atoms with Crippen molar-refractivity contribution in [3.63, 3.8) is 0 Å². The molecule has 6 aromatic rings. The molecule has 6 rings (SSSR count). The van der Waals surface area contributed by atoms with Crippen LogP contribution in [0.4, 0.5) is 0 Å². The van der Waals surface area contributed by atoms with Gasteiger partial charge in [0.25, 0.3) is 0 Å². The molecular weight excluding hydrogens is 498 g/mol. The van der Waals surface area contributed by atoms with Crippen LogP contribution in [0, 0.1) is 0 Å². The molecule has 0 spiro atoms. The van der Waals surface area contributed by atoms with Crippen molar-refractivity contribution in [2.24, 2.45) is 0 Å². The van der Waals surface area contributed by atoms with E-state index in [1.807, 2.05) is 0 Å². The van der Waals surface area contributed by atoms with E-state index in [1.54, 1.807) is 6.54 Å². The van der Waals surface area contributed by atoms with E-state index in [9.17, 15) is 0 Å². The number of fused-ring (bicyclic) bond motifs is 4. The summed E-state index contributed by atoms with van der Waals surface area (Å²) >= 11 is -0.957. The second-order valence-electron chi connectivity index (χ2n) is 7.58. The van der Waals surface area contributed by atoms with Gasteiger partial charge in [0, 0.05) is 0 Å². The molecule has 0 atom stereocenters. The van der Waals surface area contributed by atoms with E-state index < -0.39 is 23.2 Å². The molecule has 0 amide bonds. The van der Waals surface area contributed by atoms with Gasteiger partial charge in [0.2, 0.25) is 0 Å². The average Bonchev–Trinajstić information content (AvgIpc) is 2.77. The fraction of sp³-hybridized carbons (Fsp3) is 0. The molecule has 0 bridgehead atoms. The standard InChI is InChI=1S/2C14H9.2ClH.Zr/c2*1-2-6-12-10-14-8-4-3-7-13(14)9-11(12)5-1;;;/h2*1-7,9-10H;2*1H;/q;;;;+2/p-2. The fourth-order valence-electron chi connectivity index (χ4n) is 4.30. The van der Waals surface area contributed by atoms with Gasteiger partial charge in [-0.3, -0.25) is 0 Å². The monoisotopic (exact) mass is 514 g/mol. The Labute approximate surface area is 205 Å². The molecule has 0 unspecified atom stereocenters. The van der Waals surface area contributed by atoms with E-state index in [0.717, 1.165) is 0 Å². The van der Waals surface area contributed by atoms with Crippen LogP contribution in [0.3, 0.4) is 0 Å². The second-order valence-corrected chi connectivity index (χ2v) is 10.8. The summed E-state index contributed by atoms with van der Waals surface area (Å²) in [5, 5.41) is 10.9. The van der Waals surface area contributed by atoms with Crippen molar-refractivity contribution < 1.29 is 48.0 Å². The van der Waals surface area contributed by atoms with E-state index in [1.165, 1.54) is 43.1 Å². The summed E-state index contributed by atoms with van der Waals surface area (Å²) in [5.41, 5.74) is 0. The Hall–Kier alpha value is -2.18. The van der Waals surface area contributed by atoms with Crippen LogP contribution >= 0.6 is 0 Å². The zero-order valence-corrected chi connectivity index (χ0v) is 20.6. The molecular formula is C28H18Cl2Zr. The van der Waals surface area contributed by atoms with Crippen molar-refractivity contribution in [2.45, 2.75) is 0 Å². The van der Waals surface area contributed by atoms with Gasteiger partial charge in [0.05, 0.1) is 0 Å². The van der Waals surface area contributed by atoms with Crippen LogP contribution in [-0.4, -0.2) is 0 Å². The summed E-state index contributed by atoms with van der Waals surface area (Å²) < 4.78 is 3.11. The molecule has 148 valence electrons. The minimum absolute atomic E-state index is 0. The Kier molecular flexibility index (Phi) is 6.49. The zero-order valence-electron chi connectivity index (χ0n) is 16.6. The van der Waals surface area contributed by atoms with E-state index in [4.69, 9.17) is 0 Å². The van der Waals surface area contributed by atoms with Gasteiger partial charge in [-0.1, -0.05) is 0 Å². The van der Waals surface area contributed by atoms with Crippen LogP contribution in [0.5, 0.6) is 0 Å². The normalized spacial score (nSPS) is 10.6. The predicted molar refractivity (Wildman–Crippen MR) is 122 cm³/mol. The van der Waals surface area contributed by atoms with Crippen molar-refractivity contribution in [2.75, 3.05) is 0 Å². The Morgan fingerprint density at radius 3 is 1.13 bits per heavy atom. The van der Waals surface area contributed by atoms with Crippen LogP contribution < -0.4 is 31.4 Å². The number of halogens is 2. The summed E-state index contributed by atoms with van der Waals surface area (Å²) in [4.78, 5) is 0. The summed E-state index contributed by atoms with van der Waals surface area (Å²) in [6.07, 6.45) is 0. The first-order valence-corrected chi connectivity index (χ1v) is 12.4. The summed E-state index contributed by atoms with van der Waals surface area (Å²) in [6, 6.07) is 40.5.